The summed E-state index contributed by atoms with van der Waals surface area (Å²) < 4.78 is 17.7. The lowest BCUT2D eigenvalue weighted by Gasteiger charge is -2.31. The molecular formula is C22H25N3O4. The van der Waals surface area contributed by atoms with Gasteiger partial charge >= 0.3 is 0 Å². The Balaban J connectivity index is 1.33. The molecule has 0 bridgehead atoms. The van der Waals surface area contributed by atoms with Crippen LogP contribution in [0.2, 0.25) is 0 Å². The smallest absolute Gasteiger partial charge is 0.259 e. The number of aromatic nitrogens is 1. The Bertz CT molecular complexity index is 905. The lowest BCUT2D eigenvalue weighted by atomic mass is 9.94. The molecule has 0 unspecified atom stereocenters. The van der Waals surface area contributed by atoms with Crippen LogP contribution < -0.4 is 19.7 Å². The van der Waals surface area contributed by atoms with Crippen LogP contribution in [0.1, 0.15) is 42.5 Å². The maximum atomic E-state index is 13.0. The number of hydrogen-bond donors (Lipinski definition) is 1. The minimum Gasteiger partial charge on any atom is -0.448 e. The molecule has 3 heterocycles. The molecule has 7 nitrogen and oxygen atoms in total. The van der Waals surface area contributed by atoms with Crippen molar-refractivity contribution in [1.82, 2.24) is 4.98 Å². The van der Waals surface area contributed by atoms with Crippen molar-refractivity contribution in [3.05, 3.63) is 42.1 Å². The molecule has 2 aromatic rings. The molecule has 1 saturated heterocycles. The summed E-state index contributed by atoms with van der Waals surface area (Å²) >= 11 is 0. The van der Waals surface area contributed by atoms with E-state index in [1.165, 1.54) is 6.42 Å². The molecule has 1 N–H and O–H groups in total. The van der Waals surface area contributed by atoms with E-state index in [0.29, 0.717) is 36.0 Å². The summed E-state index contributed by atoms with van der Waals surface area (Å²) in [6.07, 6.45) is 6.98. The van der Waals surface area contributed by atoms with Crippen LogP contribution in [0.3, 0.4) is 0 Å². The summed E-state index contributed by atoms with van der Waals surface area (Å²) in [4.78, 5) is 19.5. The first-order valence-corrected chi connectivity index (χ1v) is 10.3. The van der Waals surface area contributed by atoms with Crippen LogP contribution in [0.25, 0.3) is 0 Å². The number of nitrogens with zero attached hydrogens (tertiary/aromatic N) is 2. The zero-order valence-electron chi connectivity index (χ0n) is 16.4. The van der Waals surface area contributed by atoms with Crippen LogP contribution in [0.5, 0.6) is 11.5 Å². The molecule has 1 aromatic heterocycles. The van der Waals surface area contributed by atoms with Gasteiger partial charge < -0.3 is 24.4 Å². The van der Waals surface area contributed by atoms with Gasteiger partial charge in [0.2, 0.25) is 0 Å². The molecule has 1 saturated carbocycles. The highest BCUT2D eigenvalue weighted by Gasteiger charge is 2.42. The van der Waals surface area contributed by atoms with E-state index in [1.54, 1.807) is 18.3 Å². The number of rotatable bonds is 3. The number of hydrogen-bond acceptors (Lipinski definition) is 6. The number of anilines is 2. The van der Waals surface area contributed by atoms with Gasteiger partial charge in [-0.3, -0.25) is 4.79 Å². The maximum absolute atomic E-state index is 13.0. The van der Waals surface area contributed by atoms with E-state index in [2.05, 4.69) is 15.2 Å². The summed E-state index contributed by atoms with van der Waals surface area (Å²) in [5.41, 5.74) is 1.23. The quantitative estimate of drug-likeness (QED) is 0.856. The second kappa shape index (κ2) is 7.55. The topological polar surface area (TPSA) is 72.9 Å². The third-order valence-corrected chi connectivity index (χ3v) is 5.75. The lowest BCUT2D eigenvalue weighted by molar-refractivity contribution is -0.105. The van der Waals surface area contributed by atoms with Gasteiger partial charge in [0, 0.05) is 43.9 Å². The summed E-state index contributed by atoms with van der Waals surface area (Å²) in [6, 6.07) is 9.16. The van der Waals surface area contributed by atoms with Gasteiger partial charge in [-0.1, -0.05) is 6.42 Å². The van der Waals surface area contributed by atoms with E-state index in [0.717, 1.165) is 44.5 Å². The van der Waals surface area contributed by atoms with Crippen molar-refractivity contribution in [2.75, 3.05) is 36.5 Å². The number of benzene rings is 1. The first-order chi connectivity index (χ1) is 14.2. The summed E-state index contributed by atoms with van der Waals surface area (Å²) in [6.45, 7) is 2.73. The number of pyridine rings is 1. The molecule has 1 aromatic carbocycles. The normalized spacial score (nSPS) is 19.9. The summed E-state index contributed by atoms with van der Waals surface area (Å²) in [5.74, 6) is 1.43. The third-order valence-electron chi connectivity index (χ3n) is 5.75. The van der Waals surface area contributed by atoms with E-state index in [-0.39, 0.29) is 5.91 Å². The van der Waals surface area contributed by atoms with E-state index >= 15 is 0 Å². The number of nitrogens with one attached hydrogen (secondary N) is 1. The van der Waals surface area contributed by atoms with Crippen molar-refractivity contribution in [3.8, 4) is 11.5 Å². The van der Waals surface area contributed by atoms with Crippen LogP contribution in [0, 0.1) is 0 Å². The Kier molecular flexibility index (Phi) is 4.75. The molecule has 152 valence electrons. The molecule has 1 spiro atoms. The average molecular weight is 395 g/mol. The van der Waals surface area contributed by atoms with Crippen molar-refractivity contribution in [3.63, 3.8) is 0 Å². The van der Waals surface area contributed by atoms with Crippen molar-refractivity contribution < 1.29 is 19.0 Å². The van der Waals surface area contributed by atoms with Crippen LogP contribution >= 0.6 is 0 Å². The highest BCUT2D eigenvalue weighted by molar-refractivity contribution is 6.07. The second-order valence-electron chi connectivity index (χ2n) is 7.77. The Morgan fingerprint density at radius 1 is 1.03 bits per heavy atom. The van der Waals surface area contributed by atoms with Crippen molar-refractivity contribution in [1.29, 1.82) is 0 Å². The number of amides is 1. The average Bonchev–Trinajstić information content (AvgIpc) is 3.11. The van der Waals surface area contributed by atoms with Crippen LogP contribution in [0.15, 0.2) is 36.5 Å². The third kappa shape index (κ3) is 3.62. The molecule has 5 rings (SSSR count). The number of ether oxygens (including phenoxy) is 3. The predicted molar refractivity (Wildman–Crippen MR) is 109 cm³/mol. The molecule has 29 heavy (non-hydrogen) atoms. The van der Waals surface area contributed by atoms with Gasteiger partial charge in [-0.25, -0.2) is 4.98 Å². The molecular weight excluding hydrogens is 370 g/mol. The molecule has 0 atom stereocenters. The zero-order chi connectivity index (χ0) is 19.7. The monoisotopic (exact) mass is 395 g/mol. The van der Waals surface area contributed by atoms with Crippen molar-refractivity contribution in [2.24, 2.45) is 0 Å². The van der Waals surface area contributed by atoms with Crippen molar-refractivity contribution >= 4 is 17.4 Å². The Hall–Kier alpha value is -2.80. The highest BCUT2D eigenvalue weighted by Crippen LogP contribution is 2.46. The number of carbonyl (C=O) groups excluding carboxylic acids is 1. The first kappa shape index (κ1) is 18.2. The van der Waals surface area contributed by atoms with Gasteiger partial charge in [0.1, 0.15) is 5.82 Å². The Morgan fingerprint density at radius 2 is 1.83 bits per heavy atom. The number of morpholine rings is 1. The van der Waals surface area contributed by atoms with Gasteiger partial charge in [0.15, 0.2) is 11.5 Å². The Labute approximate surface area is 170 Å². The SMILES string of the molecule is O=C(Nc1ccc2c(c1)OC1(CCCCC1)O2)c1cccnc1N1CCOCC1. The lowest BCUT2D eigenvalue weighted by Crippen LogP contribution is -2.40. The maximum Gasteiger partial charge on any atom is 0.259 e. The summed E-state index contributed by atoms with van der Waals surface area (Å²) in [7, 11) is 0. The van der Waals surface area contributed by atoms with Gasteiger partial charge in [-0.15, -0.1) is 0 Å². The fraction of sp³-hybridized carbons (Fsp3) is 0.455. The Morgan fingerprint density at radius 3 is 2.66 bits per heavy atom. The highest BCUT2D eigenvalue weighted by atomic mass is 16.7. The van der Waals surface area contributed by atoms with Gasteiger partial charge in [0.25, 0.3) is 11.7 Å². The van der Waals surface area contributed by atoms with E-state index < -0.39 is 5.79 Å². The van der Waals surface area contributed by atoms with Gasteiger partial charge in [-0.05, 0) is 37.1 Å². The molecule has 1 aliphatic carbocycles. The van der Waals surface area contributed by atoms with Crippen molar-refractivity contribution in [2.45, 2.75) is 37.9 Å². The van der Waals surface area contributed by atoms with Crippen LogP contribution in [-0.2, 0) is 4.74 Å². The number of fused-ring (bicyclic) bond motifs is 1. The van der Waals surface area contributed by atoms with E-state index in [9.17, 15) is 4.79 Å². The molecule has 1 amide bonds. The summed E-state index contributed by atoms with van der Waals surface area (Å²) in [5, 5.41) is 2.99. The van der Waals surface area contributed by atoms with Crippen LogP contribution in [0.4, 0.5) is 11.5 Å². The predicted octanol–water partition coefficient (Wildman–Crippen LogP) is 3.60. The fourth-order valence-electron chi connectivity index (χ4n) is 4.27. The molecule has 2 aliphatic heterocycles. The molecule has 2 fully saturated rings. The minimum atomic E-state index is -0.518. The zero-order valence-corrected chi connectivity index (χ0v) is 16.4. The number of carbonyl (C=O) groups is 1. The fourth-order valence-corrected chi connectivity index (χ4v) is 4.27. The van der Waals surface area contributed by atoms with Gasteiger partial charge in [-0.2, -0.15) is 0 Å². The second-order valence-corrected chi connectivity index (χ2v) is 7.77. The minimum absolute atomic E-state index is 0.189. The molecule has 7 heteroatoms. The van der Waals surface area contributed by atoms with Gasteiger partial charge in [0.05, 0.1) is 18.8 Å². The molecule has 0 radical (unpaired) electrons. The molecule has 3 aliphatic rings. The first-order valence-electron chi connectivity index (χ1n) is 10.3. The van der Waals surface area contributed by atoms with E-state index in [4.69, 9.17) is 14.2 Å². The standard InChI is InChI=1S/C22H25N3O4/c26-21(17-5-4-10-23-20(17)25-11-13-27-14-12-25)24-16-6-7-18-19(15-16)29-22(28-18)8-2-1-3-9-22/h4-7,10,15H,1-3,8-9,11-14H2,(H,24,26). The van der Waals surface area contributed by atoms with E-state index in [1.807, 2.05) is 18.2 Å². The largest absolute Gasteiger partial charge is 0.448 e. The van der Waals surface area contributed by atoms with Crippen LogP contribution in [-0.4, -0.2) is 43.0 Å².